The van der Waals surface area contributed by atoms with Crippen LogP contribution in [0.2, 0.25) is 0 Å². The number of pyridine rings is 1. The summed E-state index contributed by atoms with van der Waals surface area (Å²) in [7, 11) is 3.34. The zero-order chi connectivity index (χ0) is 22.4. The molecule has 1 N–H and O–H groups in total. The average molecular weight is 426 g/mol. The number of rotatable bonds is 7. The van der Waals surface area contributed by atoms with E-state index in [0.717, 1.165) is 55.2 Å². The molecular formula is C25H35N3O3. The molecule has 0 saturated carbocycles. The van der Waals surface area contributed by atoms with Crippen molar-refractivity contribution in [3.8, 4) is 11.5 Å². The van der Waals surface area contributed by atoms with Gasteiger partial charge in [-0.05, 0) is 43.5 Å². The molecule has 1 fully saturated rings. The van der Waals surface area contributed by atoms with E-state index in [0.29, 0.717) is 0 Å². The summed E-state index contributed by atoms with van der Waals surface area (Å²) >= 11 is 0. The number of piperidine rings is 1. The van der Waals surface area contributed by atoms with Crippen LogP contribution >= 0.6 is 0 Å². The first kappa shape index (κ1) is 23.1. The first-order valence-electron chi connectivity index (χ1n) is 11.0. The number of carbonyl (C=O) groups is 1. The van der Waals surface area contributed by atoms with Crippen molar-refractivity contribution in [2.24, 2.45) is 11.3 Å². The van der Waals surface area contributed by atoms with E-state index in [1.807, 2.05) is 51.1 Å². The van der Waals surface area contributed by atoms with E-state index >= 15 is 0 Å². The Morgan fingerprint density at radius 1 is 1.19 bits per heavy atom. The number of hydrogen-bond acceptors (Lipinski definition) is 5. The van der Waals surface area contributed by atoms with Crippen molar-refractivity contribution in [2.75, 3.05) is 27.3 Å². The summed E-state index contributed by atoms with van der Waals surface area (Å²) in [5.41, 5.74) is 1.58. The Bertz CT molecular complexity index is 864. The van der Waals surface area contributed by atoms with E-state index in [1.54, 1.807) is 20.4 Å². The Labute approximate surface area is 186 Å². The lowest BCUT2D eigenvalue weighted by molar-refractivity contribution is -0.130. The predicted molar refractivity (Wildman–Crippen MR) is 122 cm³/mol. The summed E-state index contributed by atoms with van der Waals surface area (Å²) in [6.45, 7) is 8.50. The standard InChI is InChI=1S/C25H35N3O3/c1-25(2,3)24(29)27-22(20-12-6-7-14-26-20)18-11-9-15-28(16-18)17-19-10-8-13-21(30-4)23(19)31-5/h6-8,10,12-14,18,22H,9,11,15-17H2,1-5H3,(H,27,29)/t18-,22+/m1/s1. The third-order valence-corrected chi connectivity index (χ3v) is 5.87. The van der Waals surface area contributed by atoms with Gasteiger partial charge in [0, 0.05) is 30.3 Å². The number of carbonyl (C=O) groups excluding carboxylic acids is 1. The number of para-hydroxylation sites is 1. The third-order valence-electron chi connectivity index (χ3n) is 5.87. The Hall–Kier alpha value is -2.60. The molecule has 0 aliphatic carbocycles. The summed E-state index contributed by atoms with van der Waals surface area (Å²) in [5, 5.41) is 3.30. The van der Waals surface area contributed by atoms with Crippen molar-refractivity contribution < 1.29 is 14.3 Å². The van der Waals surface area contributed by atoms with Gasteiger partial charge in [-0.15, -0.1) is 0 Å². The molecule has 1 aliphatic heterocycles. The second kappa shape index (κ2) is 10.1. The first-order valence-corrected chi connectivity index (χ1v) is 11.0. The molecule has 2 heterocycles. The SMILES string of the molecule is COc1cccc(CN2CCC[C@@H]([C@H](NC(=O)C(C)(C)C)c3ccccn3)C2)c1OC. The monoisotopic (exact) mass is 425 g/mol. The van der Waals surface area contributed by atoms with Gasteiger partial charge in [-0.25, -0.2) is 0 Å². The number of methoxy groups -OCH3 is 2. The zero-order valence-corrected chi connectivity index (χ0v) is 19.4. The second-order valence-corrected chi connectivity index (χ2v) is 9.25. The van der Waals surface area contributed by atoms with E-state index < -0.39 is 5.41 Å². The van der Waals surface area contributed by atoms with Gasteiger partial charge in [-0.3, -0.25) is 14.7 Å². The summed E-state index contributed by atoms with van der Waals surface area (Å²) in [6.07, 6.45) is 3.93. The molecule has 6 nitrogen and oxygen atoms in total. The molecule has 2 atom stereocenters. The van der Waals surface area contributed by atoms with Gasteiger partial charge in [0.05, 0.1) is 26.0 Å². The van der Waals surface area contributed by atoms with Gasteiger partial charge < -0.3 is 14.8 Å². The highest BCUT2D eigenvalue weighted by Gasteiger charge is 2.33. The van der Waals surface area contributed by atoms with E-state index in [4.69, 9.17) is 9.47 Å². The maximum Gasteiger partial charge on any atom is 0.225 e. The Morgan fingerprint density at radius 3 is 2.65 bits per heavy atom. The normalized spacial score (nSPS) is 18.3. The van der Waals surface area contributed by atoms with Gasteiger partial charge in [-0.1, -0.05) is 39.0 Å². The van der Waals surface area contributed by atoms with E-state index in [-0.39, 0.29) is 17.9 Å². The summed E-state index contributed by atoms with van der Waals surface area (Å²) in [6, 6.07) is 11.8. The number of amides is 1. The van der Waals surface area contributed by atoms with Crippen LogP contribution in [0.5, 0.6) is 11.5 Å². The van der Waals surface area contributed by atoms with Crippen molar-refractivity contribution >= 4 is 5.91 Å². The number of nitrogens with zero attached hydrogens (tertiary/aromatic N) is 2. The highest BCUT2D eigenvalue weighted by atomic mass is 16.5. The second-order valence-electron chi connectivity index (χ2n) is 9.25. The number of ether oxygens (including phenoxy) is 2. The maximum absolute atomic E-state index is 12.8. The van der Waals surface area contributed by atoms with Crippen molar-refractivity contribution in [2.45, 2.75) is 46.2 Å². The van der Waals surface area contributed by atoms with E-state index in [2.05, 4.69) is 21.3 Å². The molecule has 168 valence electrons. The molecule has 1 aromatic heterocycles. The minimum Gasteiger partial charge on any atom is -0.493 e. The predicted octanol–water partition coefficient (Wildman–Crippen LogP) is 4.21. The van der Waals surface area contributed by atoms with Crippen LogP contribution in [0.3, 0.4) is 0 Å². The third kappa shape index (κ3) is 5.76. The molecule has 6 heteroatoms. The molecule has 3 rings (SSSR count). The molecule has 1 amide bonds. The number of aromatic nitrogens is 1. The molecular weight excluding hydrogens is 390 g/mol. The van der Waals surface area contributed by atoms with Crippen molar-refractivity contribution in [1.82, 2.24) is 15.2 Å². The highest BCUT2D eigenvalue weighted by Crippen LogP contribution is 2.34. The quantitative estimate of drug-likeness (QED) is 0.720. The summed E-state index contributed by atoms with van der Waals surface area (Å²) < 4.78 is 11.1. The average Bonchev–Trinajstić information content (AvgIpc) is 2.77. The molecule has 0 radical (unpaired) electrons. The summed E-state index contributed by atoms with van der Waals surface area (Å²) in [4.78, 5) is 19.8. The zero-order valence-electron chi connectivity index (χ0n) is 19.4. The molecule has 1 aliphatic rings. The molecule has 1 aromatic carbocycles. The number of hydrogen-bond donors (Lipinski definition) is 1. The van der Waals surface area contributed by atoms with Gasteiger partial charge in [0.1, 0.15) is 0 Å². The highest BCUT2D eigenvalue weighted by molar-refractivity contribution is 5.81. The number of nitrogens with one attached hydrogen (secondary N) is 1. The van der Waals surface area contributed by atoms with Crippen molar-refractivity contribution in [1.29, 1.82) is 0 Å². The van der Waals surface area contributed by atoms with Crippen LogP contribution in [0.4, 0.5) is 0 Å². The molecule has 1 saturated heterocycles. The van der Waals surface area contributed by atoms with Crippen LogP contribution in [-0.2, 0) is 11.3 Å². The Balaban J connectivity index is 1.80. The Morgan fingerprint density at radius 2 is 2.00 bits per heavy atom. The minimum absolute atomic E-state index is 0.0507. The lowest BCUT2D eigenvalue weighted by Crippen LogP contribution is -2.45. The van der Waals surface area contributed by atoms with Crippen LogP contribution in [0.15, 0.2) is 42.6 Å². The van der Waals surface area contributed by atoms with Crippen molar-refractivity contribution in [3.05, 3.63) is 53.9 Å². The molecule has 0 bridgehead atoms. The largest absolute Gasteiger partial charge is 0.493 e. The fourth-order valence-corrected chi connectivity index (χ4v) is 4.18. The van der Waals surface area contributed by atoms with Crippen molar-refractivity contribution in [3.63, 3.8) is 0 Å². The fourth-order valence-electron chi connectivity index (χ4n) is 4.18. The fraction of sp³-hybridized carbons (Fsp3) is 0.520. The smallest absolute Gasteiger partial charge is 0.225 e. The van der Waals surface area contributed by atoms with Crippen LogP contribution < -0.4 is 14.8 Å². The molecule has 0 unspecified atom stereocenters. The molecule has 2 aromatic rings. The number of likely N-dealkylation sites (tertiary alicyclic amines) is 1. The summed E-state index contributed by atoms with van der Waals surface area (Å²) in [5.74, 6) is 1.87. The van der Waals surface area contributed by atoms with E-state index in [1.165, 1.54) is 0 Å². The van der Waals surface area contributed by atoms with Crippen LogP contribution in [0.25, 0.3) is 0 Å². The lowest BCUT2D eigenvalue weighted by Gasteiger charge is -2.38. The van der Waals surface area contributed by atoms with Crippen LogP contribution in [0.1, 0.15) is 50.9 Å². The lowest BCUT2D eigenvalue weighted by atomic mass is 9.86. The minimum atomic E-state index is -0.449. The molecule has 31 heavy (non-hydrogen) atoms. The first-order chi connectivity index (χ1) is 14.8. The maximum atomic E-state index is 12.8. The van der Waals surface area contributed by atoms with Gasteiger partial charge in [0.2, 0.25) is 5.91 Å². The topological polar surface area (TPSA) is 63.7 Å². The van der Waals surface area contributed by atoms with Crippen LogP contribution in [-0.4, -0.2) is 43.1 Å². The Kier molecular flexibility index (Phi) is 7.55. The van der Waals surface area contributed by atoms with Gasteiger partial charge in [0.25, 0.3) is 0 Å². The van der Waals surface area contributed by atoms with Crippen LogP contribution in [0, 0.1) is 11.3 Å². The van der Waals surface area contributed by atoms with Gasteiger partial charge >= 0.3 is 0 Å². The van der Waals surface area contributed by atoms with E-state index in [9.17, 15) is 4.79 Å². The number of benzene rings is 1. The van der Waals surface area contributed by atoms with Gasteiger partial charge in [0.15, 0.2) is 11.5 Å². The van der Waals surface area contributed by atoms with Gasteiger partial charge in [-0.2, -0.15) is 0 Å². The molecule has 0 spiro atoms.